The molecule has 0 saturated carbocycles. The molecule has 0 aliphatic carbocycles. The van der Waals surface area contributed by atoms with Gasteiger partial charge in [-0.1, -0.05) is 42.0 Å². The highest BCUT2D eigenvalue weighted by atomic mass is 32.1. The Morgan fingerprint density at radius 3 is 2.50 bits per heavy atom. The minimum absolute atomic E-state index is 0.0838. The minimum Gasteiger partial charge on any atom is -0.507 e. The van der Waals surface area contributed by atoms with Crippen LogP contribution in [0.5, 0.6) is 5.75 Å². The van der Waals surface area contributed by atoms with Crippen molar-refractivity contribution in [3.63, 3.8) is 0 Å². The molecule has 3 aromatic rings. The number of likely N-dealkylation sites (tertiary alicyclic amines) is 1. The summed E-state index contributed by atoms with van der Waals surface area (Å²) in [5, 5.41) is 13.4. The number of aliphatic hydroxyl groups excluding tert-OH is 1. The van der Waals surface area contributed by atoms with Crippen LogP contribution in [-0.2, 0) is 16.1 Å². The molecule has 1 amide bonds. The maximum absolute atomic E-state index is 13.3. The predicted octanol–water partition coefficient (Wildman–Crippen LogP) is 5.30. The van der Waals surface area contributed by atoms with Gasteiger partial charge in [0.2, 0.25) is 0 Å². The van der Waals surface area contributed by atoms with Crippen LogP contribution in [0.15, 0.2) is 59.5 Å². The second kappa shape index (κ2) is 8.63. The molecule has 164 valence electrons. The third-order valence-electron chi connectivity index (χ3n) is 5.68. The summed E-state index contributed by atoms with van der Waals surface area (Å²) in [5.74, 6) is -1.03. The number of carbonyl (C=O) groups excluding carboxylic acids is 2. The van der Waals surface area contributed by atoms with Crippen molar-refractivity contribution < 1.29 is 19.4 Å². The standard InChI is InChI=1S/C26H25NO4S/c1-15-7-5-8-18(12-15)22-21(23(28)20-13-16(2)11-17(3)25(20)31-4)24(29)26(30)27(22)14-19-9-6-10-32-19/h5-13,22,28H,14H2,1-4H3/b23-21+. The zero-order valence-electron chi connectivity index (χ0n) is 18.5. The zero-order valence-corrected chi connectivity index (χ0v) is 19.3. The predicted molar refractivity (Wildman–Crippen MR) is 126 cm³/mol. The second-order valence-electron chi connectivity index (χ2n) is 8.08. The Labute approximate surface area is 191 Å². The van der Waals surface area contributed by atoms with E-state index in [4.69, 9.17) is 4.74 Å². The number of ether oxygens (including phenoxy) is 1. The molecule has 0 spiro atoms. The van der Waals surface area contributed by atoms with E-state index in [1.807, 2.05) is 68.6 Å². The van der Waals surface area contributed by atoms with E-state index in [0.29, 0.717) is 17.9 Å². The van der Waals surface area contributed by atoms with Gasteiger partial charge in [-0.3, -0.25) is 9.59 Å². The number of thiophene rings is 1. The number of methoxy groups -OCH3 is 1. The van der Waals surface area contributed by atoms with E-state index >= 15 is 0 Å². The number of carbonyl (C=O) groups is 2. The molecule has 0 bridgehead atoms. The monoisotopic (exact) mass is 447 g/mol. The molecule has 6 heteroatoms. The van der Waals surface area contributed by atoms with Gasteiger partial charge < -0.3 is 14.7 Å². The molecule has 1 aliphatic rings. The van der Waals surface area contributed by atoms with Crippen molar-refractivity contribution in [1.29, 1.82) is 0 Å². The van der Waals surface area contributed by atoms with Crippen molar-refractivity contribution in [2.45, 2.75) is 33.4 Å². The van der Waals surface area contributed by atoms with E-state index < -0.39 is 17.7 Å². The lowest BCUT2D eigenvalue weighted by molar-refractivity contribution is -0.140. The summed E-state index contributed by atoms with van der Waals surface area (Å²) in [5.41, 5.74) is 4.05. The highest BCUT2D eigenvalue weighted by Gasteiger charge is 2.46. The molecular formula is C26H25NO4S. The summed E-state index contributed by atoms with van der Waals surface area (Å²) in [4.78, 5) is 28.9. The van der Waals surface area contributed by atoms with Gasteiger partial charge in [0, 0.05) is 4.88 Å². The van der Waals surface area contributed by atoms with Gasteiger partial charge in [0.05, 0.1) is 30.8 Å². The average Bonchev–Trinajstić information content (AvgIpc) is 3.35. The van der Waals surface area contributed by atoms with Crippen LogP contribution in [-0.4, -0.2) is 28.8 Å². The molecule has 5 nitrogen and oxygen atoms in total. The minimum atomic E-state index is -0.692. The molecule has 4 rings (SSSR count). The molecule has 0 radical (unpaired) electrons. The van der Waals surface area contributed by atoms with E-state index in [-0.39, 0.29) is 11.3 Å². The highest BCUT2D eigenvalue weighted by molar-refractivity contribution is 7.09. The molecule has 1 atom stereocenters. The number of rotatable bonds is 5. The van der Waals surface area contributed by atoms with E-state index in [2.05, 4.69) is 0 Å². The first kappa shape index (κ1) is 21.8. The van der Waals surface area contributed by atoms with Crippen molar-refractivity contribution in [3.8, 4) is 5.75 Å². The first-order valence-corrected chi connectivity index (χ1v) is 11.2. The van der Waals surface area contributed by atoms with Crippen LogP contribution in [0.3, 0.4) is 0 Å². The Morgan fingerprint density at radius 2 is 1.84 bits per heavy atom. The van der Waals surface area contributed by atoms with E-state index in [1.165, 1.54) is 18.4 Å². The molecule has 1 saturated heterocycles. The summed E-state index contributed by atoms with van der Waals surface area (Å²) >= 11 is 1.53. The van der Waals surface area contributed by atoms with Gasteiger partial charge in [-0.2, -0.15) is 0 Å². The second-order valence-corrected chi connectivity index (χ2v) is 9.12. The van der Waals surface area contributed by atoms with E-state index in [1.54, 1.807) is 11.0 Å². The lowest BCUT2D eigenvalue weighted by atomic mass is 9.93. The smallest absolute Gasteiger partial charge is 0.295 e. The normalized spacial score (nSPS) is 17.8. The Hall–Kier alpha value is -3.38. The average molecular weight is 448 g/mol. The molecule has 1 aliphatic heterocycles. The zero-order chi connectivity index (χ0) is 23.0. The number of ketones is 1. The van der Waals surface area contributed by atoms with Gasteiger partial charge in [-0.05, 0) is 55.0 Å². The lowest BCUT2D eigenvalue weighted by Gasteiger charge is -2.25. The Morgan fingerprint density at radius 1 is 1.06 bits per heavy atom. The van der Waals surface area contributed by atoms with Crippen molar-refractivity contribution in [1.82, 2.24) is 4.90 Å². The van der Waals surface area contributed by atoms with Crippen LogP contribution in [0, 0.1) is 20.8 Å². The number of aliphatic hydroxyl groups is 1. The quantitative estimate of drug-likeness (QED) is 0.327. The van der Waals surface area contributed by atoms with Crippen LogP contribution >= 0.6 is 11.3 Å². The number of Topliss-reactive ketones (excluding diaryl/α,β-unsaturated/α-hetero) is 1. The van der Waals surface area contributed by atoms with Crippen molar-refractivity contribution in [2.24, 2.45) is 0 Å². The number of hydrogen-bond donors (Lipinski definition) is 1. The van der Waals surface area contributed by atoms with Gasteiger partial charge in [0.1, 0.15) is 11.5 Å². The summed E-state index contributed by atoms with van der Waals surface area (Å²) in [6.07, 6.45) is 0. The van der Waals surface area contributed by atoms with Crippen molar-refractivity contribution >= 4 is 28.8 Å². The van der Waals surface area contributed by atoms with Crippen LogP contribution in [0.4, 0.5) is 0 Å². The number of nitrogens with zero attached hydrogens (tertiary/aromatic N) is 1. The fourth-order valence-corrected chi connectivity index (χ4v) is 5.05. The van der Waals surface area contributed by atoms with Crippen LogP contribution in [0.1, 0.15) is 38.7 Å². The molecule has 2 aromatic carbocycles. The summed E-state index contributed by atoms with van der Waals surface area (Å²) in [7, 11) is 1.53. The van der Waals surface area contributed by atoms with Gasteiger partial charge in [0.15, 0.2) is 0 Å². The number of amides is 1. The summed E-state index contributed by atoms with van der Waals surface area (Å²) < 4.78 is 5.54. The lowest BCUT2D eigenvalue weighted by Crippen LogP contribution is -2.28. The van der Waals surface area contributed by atoms with E-state index in [9.17, 15) is 14.7 Å². The Balaban J connectivity index is 1.95. The largest absolute Gasteiger partial charge is 0.507 e. The molecule has 2 heterocycles. The fraction of sp³-hybridized carbons (Fsp3) is 0.231. The summed E-state index contributed by atoms with van der Waals surface area (Å²) in [6, 6.07) is 14.6. The van der Waals surface area contributed by atoms with Crippen molar-refractivity contribution in [2.75, 3.05) is 7.11 Å². The van der Waals surface area contributed by atoms with Gasteiger partial charge in [0.25, 0.3) is 11.7 Å². The highest BCUT2D eigenvalue weighted by Crippen LogP contribution is 2.42. The molecule has 1 N–H and O–H groups in total. The third-order valence-corrected chi connectivity index (χ3v) is 6.54. The van der Waals surface area contributed by atoms with Crippen LogP contribution < -0.4 is 4.74 Å². The topological polar surface area (TPSA) is 66.8 Å². The first-order valence-electron chi connectivity index (χ1n) is 10.3. The summed E-state index contributed by atoms with van der Waals surface area (Å²) in [6.45, 7) is 6.05. The molecule has 1 aromatic heterocycles. The van der Waals surface area contributed by atoms with E-state index in [0.717, 1.165) is 27.1 Å². The fourth-order valence-electron chi connectivity index (χ4n) is 4.35. The van der Waals surface area contributed by atoms with Gasteiger partial charge in [-0.25, -0.2) is 0 Å². The Bertz CT molecular complexity index is 1230. The molecular weight excluding hydrogens is 422 g/mol. The maximum atomic E-state index is 13.3. The van der Waals surface area contributed by atoms with Crippen molar-refractivity contribution in [3.05, 3.63) is 92.2 Å². The molecule has 32 heavy (non-hydrogen) atoms. The Kier molecular flexibility index (Phi) is 5.89. The SMILES string of the molecule is COc1c(C)cc(C)cc1/C(O)=C1\C(=O)C(=O)N(Cc2cccs2)C1c1cccc(C)c1. The molecule has 1 fully saturated rings. The first-order chi connectivity index (χ1) is 15.3. The number of benzene rings is 2. The maximum Gasteiger partial charge on any atom is 0.295 e. The van der Waals surface area contributed by atoms with Crippen LogP contribution in [0.25, 0.3) is 5.76 Å². The molecule has 1 unspecified atom stereocenters. The number of aryl methyl sites for hydroxylation is 3. The van der Waals surface area contributed by atoms with Gasteiger partial charge in [-0.15, -0.1) is 11.3 Å². The van der Waals surface area contributed by atoms with Crippen LogP contribution in [0.2, 0.25) is 0 Å². The third kappa shape index (κ3) is 3.82. The van der Waals surface area contributed by atoms with Gasteiger partial charge >= 0.3 is 0 Å². The number of hydrogen-bond acceptors (Lipinski definition) is 5.